The van der Waals surface area contributed by atoms with Crippen molar-refractivity contribution in [1.29, 1.82) is 0 Å². The second-order valence-corrected chi connectivity index (χ2v) is 3.45. The van der Waals surface area contributed by atoms with E-state index in [0.717, 1.165) is 17.1 Å². The molecular formula is C11H12N4O. The number of hydrogen-bond acceptors (Lipinski definition) is 3. The average Bonchev–Trinajstić information content (AvgIpc) is 2.61. The maximum Gasteiger partial charge on any atom is 0.235 e. The molecule has 2 aromatic rings. The zero-order valence-corrected chi connectivity index (χ0v) is 9.14. The van der Waals surface area contributed by atoms with Crippen LogP contribution in [0.5, 0.6) is 0 Å². The summed E-state index contributed by atoms with van der Waals surface area (Å²) in [6.45, 7) is 3.29. The van der Waals surface area contributed by atoms with Crippen molar-refractivity contribution in [2.45, 2.75) is 13.8 Å². The molecule has 0 radical (unpaired) electrons. The van der Waals surface area contributed by atoms with Crippen molar-refractivity contribution in [2.24, 2.45) is 0 Å². The lowest BCUT2D eigenvalue weighted by atomic mass is 10.2. The van der Waals surface area contributed by atoms with Crippen molar-refractivity contribution in [1.82, 2.24) is 14.6 Å². The number of carbonyl (C=O) groups is 1. The number of amides is 1. The first kappa shape index (κ1) is 10.4. The van der Waals surface area contributed by atoms with Gasteiger partial charge in [-0.05, 0) is 19.1 Å². The van der Waals surface area contributed by atoms with Gasteiger partial charge in [-0.25, -0.2) is 9.66 Å². The van der Waals surface area contributed by atoms with Gasteiger partial charge in [-0.3, -0.25) is 15.2 Å². The highest BCUT2D eigenvalue weighted by Gasteiger charge is 2.06. The molecule has 2 aromatic heterocycles. The standard InChI is InChI=1S/C11H12N4O/c1-8-13-11(7-15(8)14-9(2)16)10-4-3-5-12-6-10/h3-7H,1-2H3,(H,14,16). The number of rotatable bonds is 2. The van der Waals surface area contributed by atoms with E-state index in [9.17, 15) is 4.79 Å². The Labute approximate surface area is 93.1 Å². The lowest BCUT2D eigenvalue weighted by molar-refractivity contribution is -0.115. The molecule has 0 bridgehead atoms. The van der Waals surface area contributed by atoms with E-state index in [2.05, 4.69) is 15.4 Å². The highest BCUT2D eigenvalue weighted by Crippen LogP contribution is 2.16. The van der Waals surface area contributed by atoms with Crippen molar-refractivity contribution in [3.63, 3.8) is 0 Å². The van der Waals surface area contributed by atoms with E-state index in [1.165, 1.54) is 6.92 Å². The molecule has 0 fully saturated rings. The smallest absolute Gasteiger partial charge is 0.235 e. The highest BCUT2D eigenvalue weighted by atomic mass is 16.2. The minimum Gasteiger partial charge on any atom is -0.274 e. The molecule has 0 saturated heterocycles. The second-order valence-electron chi connectivity index (χ2n) is 3.45. The van der Waals surface area contributed by atoms with Crippen LogP contribution < -0.4 is 5.43 Å². The molecule has 16 heavy (non-hydrogen) atoms. The van der Waals surface area contributed by atoms with Crippen LogP contribution in [0.25, 0.3) is 11.3 Å². The van der Waals surface area contributed by atoms with Crippen molar-refractivity contribution < 1.29 is 4.79 Å². The van der Waals surface area contributed by atoms with Gasteiger partial charge in [0, 0.05) is 24.9 Å². The number of nitrogens with one attached hydrogen (secondary N) is 1. The largest absolute Gasteiger partial charge is 0.274 e. The summed E-state index contributed by atoms with van der Waals surface area (Å²) in [5, 5.41) is 0. The number of carbonyl (C=O) groups excluding carboxylic acids is 1. The zero-order chi connectivity index (χ0) is 11.5. The maximum absolute atomic E-state index is 10.9. The summed E-state index contributed by atoms with van der Waals surface area (Å²) in [6.07, 6.45) is 5.22. The molecule has 5 heteroatoms. The number of pyridine rings is 1. The summed E-state index contributed by atoms with van der Waals surface area (Å²) in [6, 6.07) is 3.77. The molecule has 0 aromatic carbocycles. The fourth-order valence-corrected chi connectivity index (χ4v) is 1.41. The van der Waals surface area contributed by atoms with Crippen LogP contribution in [0.15, 0.2) is 30.7 Å². The first-order valence-electron chi connectivity index (χ1n) is 4.91. The fourth-order valence-electron chi connectivity index (χ4n) is 1.41. The average molecular weight is 216 g/mol. The van der Waals surface area contributed by atoms with Crippen molar-refractivity contribution in [3.8, 4) is 11.3 Å². The third-order valence-electron chi connectivity index (χ3n) is 2.12. The molecule has 0 aliphatic heterocycles. The summed E-state index contributed by atoms with van der Waals surface area (Å²) in [7, 11) is 0. The minimum absolute atomic E-state index is 0.127. The summed E-state index contributed by atoms with van der Waals surface area (Å²) < 4.78 is 1.60. The lowest BCUT2D eigenvalue weighted by Crippen LogP contribution is -2.19. The van der Waals surface area contributed by atoms with Gasteiger partial charge in [-0.2, -0.15) is 0 Å². The number of aromatic nitrogens is 3. The molecule has 1 amide bonds. The third-order valence-corrected chi connectivity index (χ3v) is 2.12. The Morgan fingerprint density at radius 1 is 1.50 bits per heavy atom. The summed E-state index contributed by atoms with van der Waals surface area (Å²) in [5.41, 5.74) is 4.37. The maximum atomic E-state index is 10.9. The Bertz CT molecular complexity index is 504. The number of hydrogen-bond donors (Lipinski definition) is 1. The Kier molecular flexibility index (Phi) is 2.68. The molecule has 0 spiro atoms. The van der Waals surface area contributed by atoms with Crippen LogP contribution in [0.2, 0.25) is 0 Å². The minimum atomic E-state index is -0.127. The Morgan fingerprint density at radius 3 is 2.94 bits per heavy atom. The van der Waals surface area contributed by atoms with Crippen LogP contribution in [-0.2, 0) is 4.79 Å². The Balaban J connectivity index is 2.34. The Morgan fingerprint density at radius 2 is 2.31 bits per heavy atom. The van der Waals surface area contributed by atoms with Gasteiger partial charge in [0.1, 0.15) is 5.82 Å². The van der Waals surface area contributed by atoms with Crippen LogP contribution in [0.1, 0.15) is 12.7 Å². The zero-order valence-electron chi connectivity index (χ0n) is 9.14. The molecule has 0 unspecified atom stereocenters. The van der Waals surface area contributed by atoms with E-state index in [0.29, 0.717) is 0 Å². The lowest BCUT2D eigenvalue weighted by Gasteiger charge is -2.02. The van der Waals surface area contributed by atoms with Gasteiger partial charge in [-0.15, -0.1) is 0 Å². The second kappa shape index (κ2) is 4.14. The molecule has 5 nitrogen and oxygen atoms in total. The van der Waals surface area contributed by atoms with Crippen LogP contribution in [0, 0.1) is 6.92 Å². The summed E-state index contributed by atoms with van der Waals surface area (Å²) in [4.78, 5) is 19.3. The first-order valence-corrected chi connectivity index (χ1v) is 4.91. The first-order chi connectivity index (χ1) is 7.66. The Hall–Kier alpha value is -2.17. The molecule has 82 valence electrons. The molecule has 1 N–H and O–H groups in total. The van der Waals surface area contributed by atoms with Gasteiger partial charge in [0.2, 0.25) is 5.91 Å². The van der Waals surface area contributed by atoms with E-state index in [4.69, 9.17) is 0 Å². The predicted octanol–water partition coefficient (Wildman–Crippen LogP) is 1.34. The summed E-state index contributed by atoms with van der Waals surface area (Å²) in [5.74, 6) is 0.604. The molecular weight excluding hydrogens is 204 g/mol. The SMILES string of the molecule is CC(=O)Nn1cc(-c2cccnc2)nc1C. The van der Waals surface area contributed by atoms with Crippen molar-refractivity contribution in [3.05, 3.63) is 36.5 Å². The van der Waals surface area contributed by atoms with Crippen LogP contribution >= 0.6 is 0 Å². The monoisotopic (exact) mass is 216 g/mol. The molecule has 0 aliphatic rings. The number of aryl methyl sites for hydroxylation is 1. The molecule has 0 atom stereocenters. The normalized spacial score (nSPS) is 10.1. The summed E-state index contributed by atoms with van der Waals surface area (Å²) >= 11 is 0. The predicted molar refractivity (Wildman–Crippen MR) is 60.2 cm³/mol. The topological polar surface area (TPSA) is 59.8 Å². The van der Waals surface area contributed by atoms with Gasteiger partial charge >= 0.3 is 0 Å². The van der Waals surface area contributed by atoms with E-state index < -0.39 is 0 Å². The molecule has 2 rings (SSSR count). The van der Waals surface area contributed by atoms with E-state index in [1.807, 2.05) is 19.1 Å². The van der Waals surface area contributed by atoms with E-state index >= 15 is 0 Å². The van der Waals surface area contributed by atoms with Gasteiger partial charge in [0.05, 0.1) is 11.9 Å². The van der Waals surface area contributed by atoms with Crippen molar-refractivity contribution in [2.75, 3.05) is 5.43 Å². The van der Waals surface area contributed by atoms with Crippen LogP contribution in [0.3, 0.4) is 0 Å². The van der Waals surface area contributed by atoms with E-state index in [1.54, 1.807) is 23.3 Å². The van der Waals surface area contributed by atoms with Crippen LogP contribution in [-0.4, -0.2) is 20.6 Å². The highest BCUT2D eigenvalue weighted by molar-refractivity contribution is 5.81. The number of nitrogens with zero attached hydrogens (tertiary/aromatic N) is 3. The molecule has 0 saturated carbocycles. The van der Waals surface area contributed by atoms with Gasteiger partial charge in [0.25, 0.3) is 0 Å². The number of imidazole rings is 1. The quantitative estimate of drug-likeness (QED) is 0.824. The van der Waals surface area contributed by atoms with E-state index in [-0.39, 0.29) is 5.91 Å². The van der Waals surface area contributed by atoms with Gasteiger partial charge in [0.15, 0.2) is 0 Å². The van der Waals surface area contributed by atoms with Crippen LogP contribution in [0.4, 0.5) is 0 Å². The van der Waals surface area contributed by atoms with Gasteiger partial charge < -0.3 is 0 Å². The molecule has 0 aliphatic carbocycles. The fraction of sp³-hybridized carbons (Fsp3) is 0.182. The van der Waals surface area contributed by atoms with Crippen molar-refractivity contribution >= 4 is 5.91 Å². The van der Waals surface area contributed by atoms with Gasteiger partial charge in [-0.1, -0.05) is 0 Å². The third kappa shape index (κ3) is 2.08. The molecule has 2 heterocycles.